The predicted octanol–water partition coefficient (Wildman–Crippen LogP) is 5.81. The van der Waals surface area contributed by atoms with E-state index in [0.717, 1.165) is 10.6 Å². The highest BCUT2D eigenvalue weighted by Crippen LogP contribution is 2.18. The summed E-state index contributed by atoms with van der Waals surface area (Å²) in [5.74, 6) is 1.11. The molecule has 0 spiro atoms. The zero-order chi connectivity index (χ0) is 14.2. The summed E-state index contributed by atoms with van der Waals surface area (Å²) < 4.78 is 0. The Balaban J connectivity index is 1.94. The number of benzene rings is 2. The Kier molecular flexibility index (Phi) is 6.03. The van der Waals surface area contributed by atoms with Crippen LogP contribution in [0.15, 0.2) is 70.5 Å². The van der Waals surface area contributed by atoms with E-state index in [2.05, 4.69) is 80.3 Å². The topological polar surface area (TPSA) is 0 Å². The third kappa shape index (κ3) is 4.95. The smallest absolute Gasteiger partial charge is 0.00722 e. The molecule has 0 heterocycles. The molecule has 2 aromatic rings. The van der Waals surface area contributed by atoms with Gasteiger partial charge in [0.1, 0.15) is 0 Å². The number of allylic oxidation sites excluding steroid dienone is 2. The van der Waals surface area contributed by atoms with E-state index in [4.69, 9.17) is 0 Å². The zero-order valence-electron chi connectivity index (χ0n) is 11.5. The van der Waals surface area contributed by atoms with Gasteiger partial charge in [0.15, 0.2) is 0 Å². The molecule has 0 aliphatic heterocycles. The lowest BCUT2D eigenvalue weighted by Crippen LogP contribution is -1.74. The van der Waals surface area contributed by atoms with E-state index in [1.807, 2.05) is 23.9 Å². The molecular weight excluding hydrogens is 280 g/mol. The third-order valence-electron chi connectivity index (χ3n) is 2.77. The van der Waals surface area contributed by atoms with Crippen LogP contribution >= 0.6 is 24.4 Å². The molecule has 0 aromatic heterocycles. The van der Waals surface area contributed by atoms with Gasteiger partial charge in [-0.2, -0.15) is 0 Å². The minimum Gasteiger partial charge on any atom is -0.143 e. The summed E-state index contributed by atoms with van der Waals surface area (Å²) in [7, 11) is 0. The van der Waals surface area contributed by atoms with Crippen molar-refractivity contribution in [3.05, 3.63) is 71.8 Å². The lowest BCUT2D eigenvalue weighted by molar-refractivity contribution is 1.42. The van der Waals surface area contributed by atoms with Gasteiger partial charge in [0.25, 0.3) is 0 Å². The molecule has 2 heteroatoms. The molecule has 0 atom stereocenters. The van der Waals surface area contributed by atoms with Crippen LogP contribution in [0.5, 0.6) is 0 Å². The number of thiol groups is 1. The van der Waals surface area contributed by atoms with Crippen LogP contribution in [0.4, 0.5) is 0 Å². The quantitative estimate of drug-likeness (QED) is 0.412. The lowest BCUT2D eigenvalue weighted by Gasteiger charge is -1.98. The number of hydrogen-bond acceptors (Lipinski definition) is 2. The van der Waals surface area contributed by atoms with Crippen molar-refractivity contribution < 1.29 is 0 Å². The molecule has 102 valence electrons. The summed E-state index contributed by atoms with van der Waals surface area (Å²) in [4.78, 5) is 2.31. The molecule has 0 fully saturated rings. The van der Waals surface area contributed by atoms with Crippen LogP contribution in [-0.2, 0) is 0 Å². The Morgan fingerprint density at radius 1 is 0.850 bits per heavy atom. The molecule has 0 nitrogen and oxygen atoms in total. The van der Waals surface area contributed by atoms with Crippen LogP contribution in [-0.4, -0.2) is 5.75 Å². The van der Waals surface area contributed by atoms with Crippen molar-refractivity contribution in [1.29, 1.82) is 0 Å². The maximum Gasteiger partial charge on any atom is 0.00722 e. The molecule has 0 saturated carbocycles. The molecule has 0 aliphatic rings. The van der Waals surface area contributed by atoms with Gasteiger partial charge in [-0.15, -0.1) is 24.4 Å². The molecular formula is C18H18S2. The summed E-state index contributed by atoms with van der Waals surface area (Å²) in [6, 6.07) is 16.8. The SMILES string of the molecule is CCSc1ccc(/C=C/C=C/c2ccc(S)cc2)cc1. The standard InChI is InChI=1S/C18H18S2/c1-2-20-18-13-9-16(10-14-18)6-4-3-5-15-7-11-17(19)12-8-15/h3-14,19H,2H2,1H3/b5-3+,6-4+. The molecule has 0 unspecified atom stereocenters. The Morgan fingerprint density at radius 3 is 1.85 bits per heavy atom. The monoisotopic (exact) mass is 298 g/mol. The van der Waals surface area contributed by atoms with E-state index >= 15 is 0 Å². The summed E-state index contributed by atoms with van der Waals surface area (Å²) in [6.07, 6.45) is 8.33. The molecule has 0 radical (unpaired) electrons. The fourth-order valence-electron chi connectivity index (χ4n) is 1.76. The van der Waals surface area contributed by atoms with Crippen molar-refractivity contribution in [2.24, 2.45) is 0 Å². The van der Waals surface area contributed by atoms with Crippen molar-refractivity contribution in [2.45, 2.75) is 16.7 Å². The van der Waals surface area contributed by atoms with E-state index in [0.29, 0.717) is 0 Å². The van der Waals surface area contributed by atoms with Crippen molar-refractivity contribution >= 4 is 36.5 Å². The van der Waals surface area contributed by atoms with Gasteiger partial charge in [0.05, 0.1) is 0 Å². The minimum absolute atomic E-state index is 0.989. The molecule has 0 bridgehead atoms. The molecule has 20 heavy (non-hydrogen) atoms. The Hall–Kier alpha value is -1.38. The molecule has 0 amide bonds. The van der Waals surface area contributed by atoms with Crippen molar-refractivity contribution in [1.82, 2.24) is 0 Å². The summed E-state index contributed by atoms with van der Waals surface area (Å²) >= 11 is 6.14. The molecule has 2 rings (SSSR count). The van der Waals surface area contributed by atoms with Gasteiger partial charge in [-0.05, 0) is 41.1 Å². The second-order valence-electron chi connectivity index (χ2n) is 4.31. The van der Waals surface area contributed by atoms with Gasteiger partial charge < -0.3 is 0 Å². The minimum atomic E-state index is 0.989. The van der Waals surface area contributed by atoms with Crippen LogP contribution in [0.1, 0.15) is 18.1 Å². The Labute approximate surface area is 131 Å². The van der Waals surface area contributed by atoms with Crippen molar-refractivity contribution in [3.8, 4) is 0 Å². The lowest BCUT2D eigenvalue weighted by atomic mass is 10.2. The fourth-order valence-corrected chi connectivity index (χ4v) is 2.57. The van der Waals surface area contributed by atoms with E-state index < -0.39 is 0 Å². The van der Waals surface area contributed by atoms with E-state index in [1.54, 1.807) is 0 Å². The van der Waals surface area contributed by atoms with Crippen LogP contribution in [0.2, 0.25) is 0 Å². The molecule has 2 aromatic carbocycles. The first-order chi connectivity index (χ1) is 9.78. The largest absolute Gasteiger partial charge is 0.143 e. The first-order valence-electron chi connectivity index (χ1n) is 6.64. The van der Waals surface area contributed by atoms with Crippen LogP contribution in [0.25, 0.3) is 12.2 Å². The molecule has 0 saturated heterocycles. The van der Waals surface area contributed by atoms with Gasteiger partial charge in [-0.25, -0.2) is 0 Å². The highest BCUT2D eigenvalue weighted by Gasteiger charge is 1.90. The Bertz CT molecular complexity index is 578. The number of hydrogen-bond donors (Lipinski definition) is 1. The van der Waals surface area contributed by atoms with Crippen LogP contribution in [0.3, 0.4) is 0 Å². The van der Waals surface area contributed by atoms with Gasteiger partial charge in [-0.3, -0.25) is 0 Å². The molecule has 0 aliphatic carbocycles. The van der Waals surface area contributed by atoms with Crippen molar-refractivity contribution in [2.75, 3.05) is 5.75 Å². The van der Waals surface area contributed by atoms with E-state index in [-0.39, 0.29) is 0 Å². The predicted molar refractivity (Wildman–Crippen MR) is 94.6 cm³/mol. The van der Waals surface area contributed by atoms with E-state index in [9.17, 15) is 0 Å². The first-order valence-corrected chi connectivity index (χ1v) is 8.08. The van der Waals surface area contributed by atoms with Gasteiger partial charge in [0.2, 0.25) is 0 Å². The summed E-state index contributed by atoms with van der Waals surface area (Å²) in [5.41, 5.74) is 2.41. The normalized spacial score (nSPS) is 11.5. The van der Waals surface area contributed by atoms with Crippen LogP contribution < -0.4 is 0 Å². The third-order valence-corrected chi connectivity index (χ3v) is 3.96. The van der Waals surface area contributed by atoms with Crippen molar-refractivity contribution in [3.63, 3.8) is 0 Å². The number of thioether (sulfide) groups is 1. The van der Waals surface area contributed by atoms with Gasteiger partial charge >= 0.3 is 0 Å². The maximum atomic E-state index is 4.27. The average molecular weight is 298 g/mol. The maximum absolute atomic E-state index is 4.27. The highest BCUT2D eigenvalue weighted by atomic mass is 32.2. The van der Waals surface area contributed by atoms with Crippen LogP contribution in [0, 0.1) is 0 Å². The first kappa shape index (κ1) is 15.0. The fraction of sp³-hybridized carbons (Fsp3) is 0.111. The summed E-state index contributed by atoms with van der Waals surface area (Å²) in [6.45, 7) is 2.17. The highest BCUT2D eigenvalue weighted by molar-refractivity contribution is 7.99. The molecule has 0 N–H and O–H groups in total. The van der Waals surface area contributed by atoms with Gasteiger partial charge in [0, 0.05) is 9.79 Å². The second-order valence-corrected chi connectivity index (χ2v) is 6.17. The zero-order valence-corrected chi connectivity index (χ0v) is 13.2. The average Bonchev–Trinajstić information content (AvgIpc) is 2.47. The van der Waals surface area contributed by atoms with E-state index in [1.165, 1.54) is 16.0 Å². The summed E-state index contributed by atoms with van der Waals surface area (Å²) in [5, 5.41) is 0. The van der Waals surface area contributed by atoms with Gasteiger partial charge in [-0.1, -0.05) is 55.5 Å². The second kappa shape index (κ2) is 8.03. The number of rotatable bonds is 5. The Morgan fingerprint density at radius 2 is 1.35 bits per heavy atom.